The van der Waals surface area contributed by atoms with Crippen LogP contribution in [0.25, 0.3) is 5.69 Å². The quantitative estimate of drug-likeness (QED) is 0.908. The summed E-state index contributed by atoms with van der Waals surface area (Å²) >= 11 is 5.97. The second-order valence-corrected chi connectivity index (χ2v) is 7.55. The monoisotopic (exact) mass is 361 g/mol. The van der Waals surface area contributed by atoms with E-state index in [2.05, 4.69) is 25.9 Å². The molecule has 0 unspecified atom stereocenters. The van der Waals surface area contributed by atoms with Gasteiger partial charge in [-0.1, -0.05) is 32.4 Å². The Morgan fingerprint density at radius 1 is 1.32 bits per heavy atom. The van der Waals surface area contributed by atoms with Gasteiger partial charge in [-0.05, 0) is 36.1 Å². The Kier molecular flexibility index (Phi) is 5.16. The van der Waals surface area contributed by atoms with Gasteiger partial charge in [0, 0.05) is 30.6 Å². The highest BCUT2D eigenvalue weighted by atomic mass is 35.5. The highest BCUT2D eigenvalue weighted by Crippen LogP contribution is 2.28. The third-order valence-electron chi connectivity index (χ3n) is 4.94. The minimum atomic E-state index is -0.00767. The molecule has 2 atom stereocenters. The number of carbonyl (C=O) groups excluding carboxylic acids is 1. The lowest BCUT2D eigenvalue weighted by molar-refractivity contribution is 0.0779. The largest absolute Gasteiger partial charge is 0.396 e. The number of amides is 1. The standard InChI is InChI=1S/C19H24ClN3O2/c1-12(2)18-17(19(25)22-9-13(3)14(10-22)11-24)8-21-23(18)16-6-4-15(20)5-7-16/h4-8,12-14,24H,9-11H2,1-3H3/t13-,14+/m1/s1. The molecule has 3 rings (SSSR count). The zero-order chi connectivity index (χ0) is 18.1. The molecule has 0 spiro atoms. The van der Waals surface area contributed by atoms with E-state index in [1.54, 1.807) is 6.20 Å². The van der Waals surface area contributed by atoms with Crippen molar-refractivity contribution in [3.63, 3.8) is 0 Å². The van der Waals surface area contributed by atoms with Gasteiger partial charge in [-0.2, -0.15) is 5.10 Å². The molecule has 1 fully saturated rings. The van der Waals surface area contributed by atoms with Crippen LogP contribution in [0.5, 0.6) is 0 Å². The van der Waals surface area contributed by atoms with Crippen molar-refractivity contribution in [2.24, 2.45) is 11.8 Å². The number of nitrogens with zero attached hydrogens (tertiary/aromatic N) is 3. The van der Waals surface area contributed by atoms with E-state index >= 15 is 0 Å². The molecule has 0 aliphatic carbocycles. The predicted molar refractivity (Wildman–Crippen MR) is 98.3 cm³/mol. The highest BCUT2D eigenvalue weighted by molar-refractivity contribution is 6.30. The molecule has 5 nitrogen and oxygen atoms in total. The zero-order valence-electron chi connectivity index (χ0n) is 14.8. The normalized spacial score (nSPS) is 20.5. The van der Waals surface area contributed by atoms with Crippen LogP contribution in [-0.4, -0.2) is 45.4 Å². The number of aliphatic hydroxyl groups excluding tert-OH is 1. The van der Waals surface area contributed by atoms with Crippen LogP contribution in [0.2, 0.25) is 5.02 Å². The van der Waals surface area contributed by atoms with Crippen LogP contribution in [0.4, 0.5) is 0 Å². The summed E-state index contributed by atoms with van der Waals surface area (Å²) in [4.78, 5) is 14.9. The number of hydrogen-bond acceptors (Lipinski definition) is 3. The van der Waals surface area contributed by atoms with E-state index in [-0.39, 0.29) is 24.3 Å². The fourth-order valence-corrected chi connectivity index (χ4v) is 3.60. The first-order chi connectivity index (χ1) is 11.9. The van der Waals surface area contributed by atoms with Gasteiger partial charge in [0.25, 0.3) is 5.91 Å². The summed E-state index contributed by atoms with van der Waals surface area (Å²) in [5.41, 5.74) is 2.42. The zero-order valence-corrected chi connectivity index (χ0v) is 15.6. The number of likely N-dealkylation sites (tertiary alicyclic amines) is 1. The van der Waals surface area contributed by atoms with Gasteiger partial charge in [-0.3, -0.25) is 4.79 Å². The molecule has 2 heterocycles. The van der Waals surface area contributed by atoms with Gasteiger partial charge in [0.1, 0.15) is 0 Å². The van der Waals surface area contributed by atoms with Gasteiger partial charge in [0.2, 0.25) is 0 Å². The van der Waals surface area contributed by atoms with Crippen LogP contribution in [0.1, 0.15) is 42.7 Å². The summed E-state index contributed by atoms with van der Waals surface area (Å²) in [5.74, 6) is 0.595. The number of benzene rings is 1. The highest BCUT2D eigenvalue weighted by Gasteiger charge is 2.34. The molecule has 0 radical (unpaired) electrons. The van der Waals surface area contributed by atoms with Crippen molar-refractivity contribution < 1.29 is 9.90 Å². The third kappa shape index (κ3) is 3.44. The second kappa shape index (κ2) is 7.18. The third-order valence-corrected chi connectivity index (χ3v) is 5.20. The molecule has 1 saturated heterocycles. The van der Waals surface area contributed by atoms with Crippen LogP contribution < -0.4 is 0 Å². The molecule has 134 valence electrons. The van der Waals surface area contributed by atoms with Crippen LogP contribution in [0, 0.1) is 11.8 Å². The Balaban J connectivity index is 1.95. The van der Waals surface area contributed by atoms with E-state index in [1.165, 1.54) is 0 Å². The molecule has 25 heavy (non-hydrogen) atoms. The number of hydrogen-bond donors (Lipinski definition) is 1. The smallest absolute Gasteiger partial charge is 0.257 e. The fourth-order valence-electron chi connectivity index (χ4n) is 3.47. The lowest BCUT2D eigenvalue weighted by Gasteiger charge is -2.18. The SMILES string of the molecule is CC(C)c1c(C(=O)N2C[C@@H](CO)[C@H](C)C2)cnn1-c1ccc(Cl)cc1. The molecular weight excluding hydrogens is 338 g/mol. The van der Waals surface area contributed by atoms with Crippen LogP contribution >= 0.6 is 11.6 Å². The number of carbonyl (C=O) groups is 1. The van der Waals surface area contributed by atoms with E-state index < -0.39 is 0 Å². The first-order valence-electron chi connectivity index (χ1n) is 8.66. The summed E-state index contributed by atoms with van der Waals surface area (Å²) in [5, 5.41) is 14.6. The average molecular weight is 362 g/mol. The summed E-state index contributed by atoms with van der Waals surface area (Å²) < 4.78 is 1.82. The van der Waals surface area contributed by atoms with Gasteiger partial charge in [0.15, 0.2) is 0 Å². The maximum absolute atomic E-state index is 13.0. The predicted octanol–water partition coefficient (Wildman–Crippen LogP) is 3.35. The van der Waals surface area contributed by atoms with Crippen molar-refractivity contribution in [2.45, 2.75) is 26.7 Å². The van der Waals surface area contributed by atoms with Crippen molar-refractivity contribution in [1.82, 2.24) is 14.7 Å². The number of halogens is 1. The van der Waals surface area contributed by atoms with Gasteiger partial charge in [0.05, 0.1) is 23.1 Å². The van der Waals surface area contributed by atoms with Crippen molar-refractivity contribution in [2.75, 3.05) is 19.7 Å². The molecule has 2 aromatic rings. The van der Waals surface area contributed by atoms with Gasteiger partial charge in [-0.15, -0.1) is 0 Å². The molecule has 1 aromatic carbocycles. The van der Waals surface area contributed by atoms with E-state index in [0.717, 1.165) is 11.4 Å². The summed E-state index contributed by atoms with van der Waals surface area (Å²) in [7, 11) is 0. The molecule has 0 bridgehead atoms. The van der Waals surface area contributed by atoms with Crippen LogP contribution in [0.15, 0.2) is 30.5 Å². The molecule has 1 aromatic heterocycles. The molecule has 1 N–H and O–H groups in total. The topological polar surface area (TPSA) is 58.4 Å². The van der Waals surface area contributed by atoms with Gasteiger partial charge >= 0.3 is 0 Å². The molecule has 1 aliphatic heterocycles. The first-order valence-corrected chi connectivity index (χ1v) is 9.04. The Morgan fingerprint density at radius 3 is 2.56 bits per heavy atom. The maximum Gasteiger partial charge on any atom is 0.257 e. The van der Waals surface area contributed by atoms with Crippen LogP contribution in [0.3, 0.4) is 0 Å². The Bertz CT molecular complexity index is 755. The maximum atomic E-state index is 13.0. The van der Waals surface area contributed by atoms with E-state index in [4.69, 9.17) is 11.6 Å². The van der Waals surface area contributed by atoms with Gasteiger partial charge < -0.3 is 10.0 Å². The first kappa shape index (κ1) is 18.0. The van der Waals surface area contributed by atoms with Crippen LogP contribution in [-0.2, 0) is 0 Å². The van der Waals surface area contributed by atoms with Crippen molar-refractivity contribution in [1.29, 1.82) is 0 Å². The number of rotatable bonds is 4. The van der Waals surface area contributed by atoms with Crippen molar-refractivity contribution >= 4 is 17.5 Å². The van der Waals surface area contributed by atoms with E-state index in [0.29, 0.717) is 29.6 Å². The van der Waals surface area contributed by atoms with Gasteiger partial charge in [-0.25, -0.2) is 4.68 Å². The van der Waals surface area contributed by atoms with Crippen molar-refractivity contribution in [3.8, 4) is 5.69 Å². The number of aliphatic hydroxyl groups is 1. The Labute approximate surface area is 153 Å². The average Bonchev–Trinajstić information content (AvgIpc) is 3.18. The number of aromatic nitrogens is 2. The Hall–Kier alpha value is -1.85. The fraction of sp³-hybridized carbons (Fsp3) is 0.474. The molecule has 6 heteroatoms. The van der Waals surface area contributed by atoms with E-state index in [1.807, 2.05) is 33.8 Å². The lowest BCUT2D eigenvalue weighted by atomic mass is 10.00. The minimum Gasteiger partial charge on any atom is -0.396 e. The second-order valence-electron chi connectivity index (χ2n) is 7.12. The van der Waals surface area contributed by atoms with Crippen molar-refractivity contribution in [3.05, 3.63) is 46.7 Å². The summed E-state index contributed by atoms with van der Waals surface area (Å²) in [6.07, 6.45) is 1.66. The lowest BCUT2D eigenvalue weighted by Crippen LogP contribution is -2.30. The summed E-state index contributed by atoms with van der Waals surface area (Å²) in [6.45, 7) is 7.58. The van der Waals surface area contributed by atoms with E-state index in [9.17, 15) is 9.90 Å². The molecule has 1 amide bonds. The Morgan fingerprint density at radius 2 is 2.00 bits per heavy atom. The summed E-state index contributed by atoms with van der Waals surface area (Å²) in [6, 6.07) is 7.43. The molecule has 0 saturated carbocycles. The minimum absolute atomic E-state index is 0.00767. The molecule has 1 aliphatic rings. The molecular formula is C19H24ClN3O2.